The van der Waals surface area contributed by atoms with Gasteiger partial charge in [0.25, 0.3) is 5.91 Å². The number of amides is 1. The summed E-state index contributed by atoms with van der Waals surface area (Å²) in [4.78, 5) is 19.7. The van der Waals surface area contributed by atoms with Crippen molar-refractivity contribution in [3.63, 3.8) is 0 Å². The third-order valence-electron chi connectivity index (χ3n) is 2.13. The molecule has 0 spiro atoms. The number of nitrogens with one attached hydrogen (secondary N) is 1. The number of hydrogen-bond acceptors (Lipinski definition) is 4. The SMILES string of the molecule is Nc1cnc(Cl)cc1C(=O)Nc1ccc(Br)nc1. The van der Waals surface area contributed by atoms with Crippen molar-refractivity contribution in [2.45, 2.75) is 0 Å². The predicted octanol–water partition coefficient (Wildman–Crippen LogP) is 2.73. The summed E-state index contributed by atoms with van der Waals surface area (Å²) in [5.41, 5.74) is 6.77. The van der Waals surface area contributed by atoms with Gasteiger partial charge in [0.15, 0.2) is 0 Å². The number of pyridine rings is 2. The van der Waals surface area contributed by atoms with E-state index in [-0.39, 0.29) is 22.3 Å². The van der Waals surface area contributed by atoms with E-state index in [1.165, 1.54) is 18.5 Å². The normalized spacial score (nSPS) is 10.1. The summed E-state index contributed by atoms with van der Waals surface area (Å²) >= 11 is 8.93. The number of halogens is 2. The Bertz CT molecular complexity index is 588. The molecule has 2 heterocycles. The molecule has 1 amide bonds. The summed E-state index contributed by atoms with van der Waals surface area (Å²) in [5, 5.41) is 2.88. The van der Waals surface area contributed by atoms with Crippen molar-refractivity contribution in [1.29, 1.82) is 0 Å². The number of nitrogens with zero attached hydrogens (tertiary/aromatic N) is 2. The minimum Gasteiger partial charge on any atom is -0.397 e. The summed E-state index contributed by atoms with van der Waals surface area (Å²) in [5.74, 6) is -0.360. The molecule has 0 saturated heterocycles. The molecule has 7 heteroatoms. The monoisotopic (exact) mass is 326 g/mol. The molecular weight excluding hydrogens is 320 g/mol. The number of nitrogens with two attached hydrogens (primary N) is 1. The number of carbonyl (C=O) groups is 1. The van der Waals surface area contributed by atoms with Crippen molar-refractivity contribution in [2.24, 2.45) is 0 Å². The van der Waals surface area contributed by atoms with Gasteiger partial charge < -0.3 is 11.1 Å². The number of hydrogen-bond donors (Lipinski definition) is 2. The molecule has 18 heavy (non-hydrogen) atoms. The van der Waals surface area contributed by atoms with Gasteiger partial charge in [0.1, 0.15) is 9.76 Å². The molecule has 2 rings (SSSR count). The highest BCUT2D eigenvalue weighted by atomic mass is 79.9. The van der Waals surface area contributed by atoms with Gasteiger partial charge >= 0.3 is 0 Å². The highest BCUT2D eigenvalue weighted by Gasteiger charge is 2.11. The standard InChI is InChI=1S/C11H8BrClN4O/c12-9-2-1-6(4-15-9)17-11(18)7-3-10(13)16-5-8(7)14/h1-5H,14H2,(H,17,18). The van der Waals surface area contributed by atoms with Gasteiger partial charge in [-0.25, -0.2) is 9.97 Å². The van der Waals surface area contributed by atoms with Gasteiger partial charge in [-0.2, -0.15) is 0 Å². The second kappa shape index (κ2) is 5.32. The zero-order valence-electron chi connectivity index (χ0n) is 9.02. The molecule has 5 nitrogen and oxygen atoms in total. The molecule has 0 radical (unpaired) electrons. The summed E-state index contributed by atoms with van der Waals surface area (Å²) in [6.07, 6.45) is 2.87. The third kappa shape index (κ3) is 2.96. The lowest BCUT2D eigenvalue weighted by Gasteiger charge is -2.07. The number of nitrogen functional groups attached to an aromatic ring is 1. The van der Waals surface area contributed by atoms with E-state index in [4.69, 9.17) is 17.3 Å². The van der Waals surface area contributed by atoms with E-state index in [1.54, 1.807) is 12.1 Å². The first-order chi connectivity index (χ1) is 8.56. The Labute approximate surface area is 117 Å². The van der Waals surface area contributed by atoms with E-state index in [1.807, 2.05) is 0 Å². The van der Waals surface area contributed by atoms with Crippen LogP contribution in [0.4, 0.5) is 11.4 Å². The van der Waals surface area contributed by atoms with Crippen LogP contribution in [0.1, 0.15) is 10.4 Å². The zero-order valence-corrected chi connectivity index (χ0v) is 11.4. The van der Waals surface area contributed by atoms with Crippen LogP contribution in [-0.2, 0) is 0 Å². The lowest BCUT2D eigenvalue weighted by molar-refractivity contribution is 0.102. The van der Waals surface area contributed by atoms with Crippen molar-refractivity contribution in [1.82, 2.24) is 9.97 Å². The Morgan fingerprint density at radius 3 is 2.78 bits per heavy atom. The minimum atomic E-state index is -0.360. The van der Waals surface area contributed by atoms with Crippen LogP contribution in [0, 0.1) is 0 Å². The van der Waals surface area contributed by atoms with Crippen LogP contribution in [-0.4, -0.2) is 15.9 Å². The summed E-state index contributed by atoms with van der Waals surface area (Å²) in [6, 6.07) is 4.85. The van der Waals surface area contributed by atoms with E-state index >= 15 is 0 Å². The zero-order chi connectivity index (χ0) is 13.1. The van der Waals surface area contributed by atoms with E-state index in [2.05, 4.69) is 31.2 Å². The Balaban J connectivity index is 2.21. The quantitative estimate of drug-likeness (QED) is 0.831. The van der Waals surface area contributed by atoms with Gasteiger partial charge in [-0.05, 0) is 34.1 Å². The molecular formula is C11H8BrClN4O. The maximum atomic E-state index is 12.0. The minimum absolute atomic E-state index is 0.211. The van der Waals surface area contributed by atoms with Gasteiger partial charge in [0.2, 0.25) is 0 Å². The second-order valence-electron chi connectivity index (χ2n) is 3.42. The highest BCUT2D eigenvalue weighted by molar-refractivity contribution is 9.10. The fourth-order valence-electron chi connectivity index (χ4n) is 1.29. The van der Waals surface area contributed by atoms with Crippen LogP contribution < -0.4 is 11.1 Å². The summed E-state index contributed by atoms with van der Waals surface area (Å²) < 4.78 is 0.687. The van der Waals surface area contributed by atoms with Crippen LogP contribution in [0.5, 0.6) is 0 Å². The molecule has 0 bridgehead atoms. The van der Waals surface area contributed by atoms with Crippen LogP contribution in [0.15, 0.2) is 35.2 Å². The molecule has 0 fully saturated rings. The predicted molar refractivity (Wildman–Crippen MR) is 73.5 cm³/mol. The molecule has 0 aliphatic rings. The molecule has 0 aliphatic heterocycles. The van der Waals surface area contributed by atoms with Crippen molar-refractivity contribution < 1.29 is 4.79 Å². The second-order valence-corrected chi connectivity index (χ2v) is 4.62. The van der Waals surface area contributed by atoms with Crippen LogP contribution in [0.2, 0.25) is 5.15 Å². The van der Waals surface area contributed by atoms with Crippen molar-refractivity contribution >= 4 is 44.8 Å². The topological polar surface area (TPSA) is 80.9 Å². The first-order valence-corrected chi connectivity index (χ1v) is 6.07. The molecule has 92 valence electrons. The molecule has 0 atom stereocenters. The largest absolute Gasteiger partial charge is 0.397 e. The van der Waals surface area contributed by atoms with Gasteiger partial charge in [-0.3, -0.25) is 4.79 Å². The third-order valence-corrected chi connectivity index (χ3v) is 2.81. The van der Waals surface area contributed by atoms with Gasteiger partial charge in [-0.15, -0.1) is 0 Å². The highest BCUT2D eigenvalue weighted by Crippen LogP contribution is 2.17. The Hall–Kier alpha value is -1.66. The van der Waals surface area contributed by atoms with Crippen molar-refractivity contribution in [3.8, 4) is 0 Å². The van der Waals surface area contributed by atoms with Crippen LogP contribution in [0.25, 0.3) is 0 Å². The Morgan fingerprint density at radius 2 is 2.11 bits per heavy atom. The van der Waals surface area contributed by atoms with E-state index in [0.717, 1.165) is 0 Å². The molecule has 2 aromatic heterocycles. The number of aromatic nitrogens is 2. The van der Waals surface area contributed by atoms with Gasteiger partial charge in [0, 0.05) is 0 Å². The van der Waals surface area contributed by atoms with Gasteiger partial charge in [0.05, 0.1) is 29.3 Å². The lowest BCUT2D eigenvalue weighted by Crippen LogP contribution is -2.14. The smallest absolute Gasteiger partial charge is 0.257 e. The lowest BCUT2D eigenvalue weighted by atomic mass is 10.2. The first kappa shape index (κ1) is 12.8. The fraction of sp³-hybridized carbons (Fsp3) is 0. The average molecular weight is 328 g/mol. The molecule has 0 saturated carbocycles. The number of carbonyl (C=O) groups excluding carboxylic acids is 1. The van der Waals surface area contributed by atoms with Crippen molar-refractivity contribution in [3.05, 3.63) is 45.9 Å². The first-order valence-electron chi connectivity index (χ1n) is 4.90. The molecule has 3 N–H and O–H groups in total. The summed E-state index contributed by atoms with van der Waals surface area (Å²) in [6.45, 7) is 0. The van der Waals surface area contributed by atoms with Gasteiger partial charge in [-0.1, -0.05) is 11.6 Å². The summed E-state index contributed by atoms with van der Waals surface area (Å²) in [7, 11) is 0. The maximum absolute atomic E-state index is 12.0. The fourth-order valence-corrected chi connectivity index (χ4v) is 1.68. The average Bonchev–Trinajstić information content (AvgIpc) is 2.35. The van der Waals surface area contributed by atoms with Crippen LogP contribution >= 0.6 is 27.5 Å². The van der Waals surface area contributed by atoms with Crippen LogP contribution in [0.3, 0.4) is 0 Å². The molecule has 0 aromatic carbocycles. The number of anilines is 2. The van der Waals surface area contributed by atoms with Crippen molar-refractivity contribution in [2.75, 3.05) is 11.1 Å². The molecule has 2 aromatic rings. The molecule has 0 unspecified atom stereocenters. The van der Waals surface area contributed by atoms with E-state index in [9.17, 15) is 4.79 Å². The van der Waals surface area contributed by atoms with E-state index < -0.39 is 0 Å². The number of rotatable bonds is 2. The molecule has 0 aliphatic carbocycles. The Kier molecular flexibility index (Phi) is 3.78. The maximum Gasteiger partial charge on any atom is 0.257 e. The Morgan fingerprint density at radius 1 is 1.33 bits per heavy atom. The van der Waals surface area contributed by atoms with E-state index in [0.29, 0.717) is 10.3 Å².